The lowest BCUT2D eigenvalue weighted by molar-refractivity contribution is -0.122. The minimum absolute atomic E-state index is 0. The van der Waals surface area contributed by atoms with Gasteiger partial charge in [0.15, 0.2) is 0 Å². The maximum Gasteiger partial charge on any atom is 0.236 e. The zero-order valence-corrected chi connectivity index (χ0v) is 13.3. The standard InChI is InChI=1S/C15H30N2O.ClH/c1-12(2)11-14(16)15(18)17-10-6-9-13-7-4-3-5-8-13;/h12-14H,3-11,16H2,1-2H3,(H,17,18);1H/t14-;/m0./s1. The maximum absolute atomic E-state index is 11.7. The molecule has 0 aromatic heterocycles. The molecule has 0 aliphatic heterocycles. The van der Waals surface area contributed by atoms with Crippen LogP contribution in [0.2, 0.25) is 0 Å². The predicted octanol–water partition coefficient (Wildman–Crippen LogP) is 3.26. The van der Waals surface area contributed by atoms with E-state index in [0.717, 1.165) is 25.3 Å². The molecular formula is C15H31ClN2O. The fourth-order valence-corrected chi connectivity index (χ4v) is 2.82. The lowest BCUT2D eigenvalue weighted by Gasteiger charge is -2.21. The average molecular weight is 291 g/mol. The van der Waals surface area contributed by atoms with E-state index in [0.29, 0.717) is 5.92 Å². The van der Waals surface area contributed by atoms with E-state index in [-0.39, 0.29) is 24.4 Å². The van der Waals surface area contributed by atoms with E-state index < -0.39 is 0 Å². The van der Waals surface area contributed by atoms with Crippen LogP contribution in [0.4, 0.5) is 0 Å². The second-order valence-electron chi connectivity index (χ2n) is 6.17. The molecule has 0 saturated heterocycles. The molecule has 1 amide bonds. The van der Waals surface area contributed by atoms with Crippen LogP contribution in [0.5, 0.6) is 0 Å². The highest BCUT2D eigenvalue weighted by atomic mass is 35.5. The quantitative estimate of drug-likeness (QED) is 0.707. The summed E-state index contributed by atoms with van der Waals surface area (Å²) in [6.07, 6.45) is 10.1. The number of halogens is 1. The molecule has 0 unspecified atom stereocenters. The Kier molecular flexibility index (Phi) is 10.3. The van der Waals surface area contributed by atoms with Crippen LogP contribution in [0.15, 0.2) is 0 Å². The van der Waals surface area contributed by atoms with Crippen LogP contribution in [0.1, 0.15) is 65.2 Å². The number of carbonyl (C=O) groups is 1. The van der Waals surface area contributed by atoms with Gasteiger partial charge in [-0.25, -0.2) is 0 Å². The molecule has 1 atom stereocenters. The lowest BCUT2D eigenvalue weighted by atomic mass is 9.86. The number of nitrogens with one attached hydrogen (secondary N) is 1. The molecule has 0 bridgehead atoms. The topological polar surface area (TPSA) is 55.1 Å². The van der Waals surface area contributed by atoms with Crippen molar-refractivity contribution in [1.29, 1.82) is 0 Å². The Hall–Kier alpha value is -0.280. The summed E-state index contributed by atoms with van der Waals surface area (Å²) in [5.41, 5.74) is 5.83. The zero-order chi connectivity index (χ0) is 13.4. The third-order valence-corrected chi connectivity index (χ3v) is 3.88. The second kappa shape index (κ2) is 10.5. The number of rotatable bonds is 7. The average Bonchev–Trinajstić information content (AvgIpc) is 2.34. The van der Waals surface area contributed by atoms with Crippen molar-refractivity contribution in [3.8, 4) is 0 Å². The van der Waals surface area contributed by atoms with E-state index in [2.05, 4.69) is 19.2 Å². The first-order chi connectivity index (χ1) is 8.59. The van der Waals surface area contributed by atoms with Gasteiger partial charge in [0.2, 0.25) is 5.91 Å². The smallest absolute Gasteiger partial charge is 0.236 e. The number of amides is 1. The molecule has 3 nitrogen and oxygen atoms in total. The first-order valence-electron chi connectivity index (χ1n) is 7.63. The molecule has 1 aliphatic rings. The summed E-state index contributed by atoms with van der Waals surface area (Å²) in [4.78, 5) is 11.7. The predicted molar refractivity (Wildman–Crippen MR) is 83.5 cm³/mol. The van der Waals surface area contributed by atoms with E-state index in [4.69, 9.17) is 5.73 Å². The summed E-state index contributed by atoms with van der Waals surface area (Å²) in [6.45, 7) is 4.98. The van der Waals surface area contributed by atoms with Crippen LogP contribution in [0.3, 0.4) is 0 Å². The van der Waals surface area contributed by atoms with Crippen molar-refractivity contribution in [1.82, 2.24) is 5.32 Å². The van der Waals surface area contributed by atoms with E-state index in [1.165, 1.54) is 38.5 Å². The normalized spacial score (nSPS) is 17.9. The first-order valence-corrected chi connectivity index (χ1v) is 7.63. The number of carbonyl (C=O) groups excluding carboxylic acids is 1. The molecule has 114 valence electrons. The molecule has 3 N–H and O–H groups in total. The van der Waals surface area contributed by atoms with Crippen LogP contribution in [-0.4, -0.2) is 18.5 Å². The van der Waals surface area contributed by atoms with Crippen molar-refractivity contribution in [2.24, 2.45) is 17.6 Å². The largest absolute Gasteiger partial charge is 0.355 e. The number of hydrogen-bond acceptors (Lipinski definition) is 2. The molecule has 0 aromatic rings. The maximum atomic E-state index is 11.7. The van der Waals surface area contributed by atoms with Crippen LogP contribution in [0.25, 0.3) is 0 Å². The van der Waals surface area contributed by atoms with Crippen molar-refractivity contribution in [2.75, 3.05) is 6.54 Å². The monoisotopic (exact) mass is 290 g/mol. The van der Waals surface area contributed by atoms with Crippen LogP contribution < -0.4 is 11.1 Å². The summed E-state index contributed by atoms with van der Waals surface area (Å²) in [6, 6.07) is -0.334. The molecule has 0 radical (unpaired) electrons. The summed E-state index contributed by atoms with van der Waals surface area (Å²) in [7, 11) is 0. The van der Waals surface area contributed by atoms with E-state index in [9.17, 15) is 4.79 Å². The molecule has 1 aliphatic carbocycles. The fraction of sp³-hybridized carbons (Fsp3) is 0.933. The Labute approximate surface area is 124 Å². The Balaban J connectivity index is 0.00000324. The Morgan fingerprint density at radius 2 is 1.89 bits per heavy atom. The Morgan fingerprint density at radius 1 is 1.26 bits per heavy atom. The van der Waals surface area contributed by atoms with Crippen molar-refractivity contribution in [3.63, 3.8) is 0 Å². The zero-order valence-electron chi connectivity index (χ0n) is 12.5. The van der Waals surface area contributed by atoms with Gasteiger partial charge in [0, 0.05) is 6.54 Å². The van der Waals surface area contributed by atoms with Gasteiger partial charge in [0.05, 0.1) is 6.04 Å². The SMILES string of the molecule is CC(C)C[C@H](N)C(=O)NCCCC1CCCCC1.Cl. The van der Waals surface area contributed by atoms with Crippen molar-refractivity contribution < 1.29 is 4.79 Å². The minimum Gasteiger partial charge on any atom is -0.355 e. The third-order valence-electron chi connectivity index (χ3n) is 3.88. The van der Waals surface area contributed by atoms with Gasteiger partial charge in [0.25, 0.3) is 0 Å². The third kappa shape index (κ3) is 8.48. The van der Waals surface area contributed by atoms with Crippen molar-refractivity contribution in [2.45, 2.75) is 71.3 Å². The van der Waals surface area contributed by atoms with Gasteiger partial charge in [-0.2, -0.15) is 0 Å². The highest BCUT2D eigenvalue weighted by Crippen LogP contribution is 2.26. The fourth-order valence-electron chi connectivity index (χ4n) is 2.82. The van der Waals surface area contributed by atoms with Gasteiger partial charge in [-0.1, -0.05) is 46.0 Å². The Bertz CT molecular complexity index is 240. The first kappa shape index (κ1) is 18.7. The molecule has 0 spiro atoms. The van der Waals surface area contributed by atoms with Gasteiger partial charge in [-0.15, -0.1) is 12.4 Å². The van der Waals surface area contributed by atoms with Crippen LogP contribution in [0, 0.1) is 11.8 Å². The van der Waals surface area contributed by atoms with Crippen LogP contribution in [-0.2, 0) is 4.79 Å². The molecule has 1 saturated carbocycles. The van der Waals surface area contributed by atoms with Crippen LogP contribution >= 0.6 is 12.4 Å². The molecule has 0 aromatic carbocycles. The highest BCUT2D eigenvalue weighted by Gasteiger charge is 2.15. The van der Waals surface area contributed by atoms with Gasteiger partial charge in [-0.05, 0) is 31.1 Å². The molecule has 1 fully saturated rings. The lowest BCUT2D eigenvalue weighted by Crippen LogP contribution is -2.41. The summed E-state index contributed by atoms with van der Waals surface area (Å²) >= 11 is 0. The summed E-state index contributed by atoms with van der Waals surface area (Å²) in [5, 5.41) is 2.96. The molecule has 19 heavy (non-hydrogen) atoms. The molecule has 4 heteroatoms. The molecular weight excluding hydrogens is 260 g/mol. The van der Waals surface area contributed by atoms with Gasteiger partial charge in [0.1, 0.15) is 0 Å². The van der Waals surface area contributed by atoms with Gasteiger partial charge >= 0.3 is 0 Å². The van der Waals surface area contributed by atoms with E-state index in [1.807, 2.05) is 0 Å². The number of hydrogen-bond donors (Lipinski definition) is 2. The number of nitrogens with two attached hydrogens (primary N) is 1. The summed E-state index contributed by atoms with van der Waals surface area (Å²) in [5.74, 6) is 1.40. The summed E-state index contributed by atoms with van der Waals surface area (Å²) < 4.78 is 0. The highest BCUT2D eigenvalue weighted by molar-refractivity contribution is 5.85. The minimum atomic E-state index is -0.334. The Morgan fingerprint density at radius 3 is 2.47 bits per heavy atom. The van der Waals surface area contributed by atoms with Crippen molar-refractivity contribution >= 4 is 18.3 Å². The molecule has 0 heterocycles. The second-order valence-corrected chi connectivity index (χ2v) is 6.17. The van der Waals surface area contributed by atoms with E-state index in [1.54, 1.807) is 0 Å². The van der Waals surface area contributed by atoms with Gasteiger partial charge < -0.3 is 11.1 Å². The van der Waals surface area contributed by atoms with E-state index >= 15 is 0 Å². The van der Waals surface area contributed by atoms with Gasteiger partial charge in [-0.3, -0.25) is 4.79 Å². The van der Waals surface area contributed by atoms with Crippen molar-refractivity contribution in [3.05, 3.63) is 0 Å². The molecule has 1 rings (SSSR count).